The van der Waals surface area contributed by atoms with E-state index >= 15 is 0 Å². The van der Waals surface area contributed by atoms with Crippen LogP contribution in [0.25, 0.3) is 0 Å². The smallest absolute Gasteiger partial charge is 0.340 e. The number of carbonyl (C=O) groups is 6. The number of hydrogen-bond donors (Lipinski definition) is 14. The lowest BCUT2D eigenvalue weighted by Crippen LogP contribution is -2.70. The maximum atomic E-state index is 14.5. The van der Waals surface area contributed by atoms with Crippen LogP contribution in [0.3, 0.4) is 0 Å². The van der Waals surface area contributed by atoms with Crippen molar-refractivity contribution in [1.29, 1.82) is 0 Å². The van der Waals surface area contributed by atoms with E-state index in [4.69, 9.17) is 33.2 Å². The van der Waals surface area contributed by atoms with Gasteiger partial charge in [0.25, 0.3) is 5.79 Å². The number of cyclic esters (lactones) is 1. The largest absolute Gasteiger partial charge is 0.504 e. The molecule has 7 atom stereocenters. The number of ether oxygens (including phenoxy) is 7. The van der Waals surface area contributed by atoms with Gasteiger partial charge in [-0.15, -0.1) is 0 Å². The molecule has 0 aromatic heterocycles. The van der Waals surface area contributed by atoms with Crippen molar-refractivity contribution in [3.63, 3.8) is 0 Å². The number of aliphatic hydroxyl groups is 3. The van der Waals surface area contributed by atoms with Crippen LogP contribution in [0.2, 0.25) is 0 Å². The maximum Gasteiger partial charge on any atom is 0.340 e. The molecule has 14 N–H and O–H groups in total. The number of phenolic OH excluding ortho intramolecular Hbond substituents is 11. The Balaban J connectivity index is 1.32. The molecule has 3 heterocycles. The summed E-state index contributed by atoms with van der Waals surface area (Å²) in [5.74, 6) is -34.2. The van der Waals surface area contributed by atoms with Gasteiger partial charge in [0.05, 0.1) is 33.7 Å². The highest BCUT2D eigenvalue weighted by Crippen LogP contribution is 2.58. The van der Waals surface area contributed by atoms with E-state index in [0.29, 0.717) is 48.5 Å². The number of fused-ring (bicyclic) bond motifs is 2. The Bertz CT molecular complexity index is 2870. The summed E-state index contributed by atoms with van der Waals surface area (Å²) in [5.41, 5.74) is -5.52. The predicted octanol–water partition coefficient (Wildman–Crippen LogP) is -1.08. The van der Waals surface area contributed by atoms with Crippen LogP contribution in [0, 0.1) is 0 Å². The Kier molecular flexibility index (Phi) is 10.7. The van der Waals surface area contributed by atoms with Gasteiger partial charge in [0.15, 0.2) is 75.5 Å². The summed E-state index contributed by atoms with van der Waals surface area (Å²) < 4.78 is 38.6. The third-order valence-electron chi connectivity index (χ3n) is 10.9. The standard InChI is InChI=1S/C41H30O27/c42-15-1-10(2-16(43)26(15)50)34(54)65-32-30-22(9-62-37(57)14-8-23(49)41(61)40(59,60)25(14)24-13(38(58)64-30)7-21(48)29(53)31(24)68-41)63-39(67-36(56)12-5-19(46)28(52)20(47)6-12)33(32)66-35(55)11-3-17(44)27(51)18(45)4-11/h1-8,22,25,30,32-33,39,42-48,50-53,59-61H,9H2/t22-,25?,30-,32?,33?,39?,41-/m1/s1. The van der Waals surface area contributed by atoms with Crippen molar-refractivity contribution in [2.45, 2.75) is 48.2 Å². The molecule has 0 amide bonds. The molecule has 1 saturated heterocycles. The second-order valence-corrected chi connectivity index (χ2v) is 15.1. The van der Waals surface area contributed by atoms with Gasteiger partial charge in [0.1, 0.15) is 12.7 Å². The highest BCUT2D eigenvalue weighted by atomic mass is 16.7. The molecule has 27 nitrogen and oxygen atoms in total. The van der Waals surface area contributed by atoms with Gasteiger partial charge < -0.3 is 105 Å². The highest BCUT2D eigenvalue weighted by Gasteiger charge is 2.70. The molecule has 2 bridgehead atoms. The van der Waals surface area contributed by atoms with E-state index in [1.54, 1.807) is 0 Å². The maximum absolute atomic E-state index is 14.5. The normalized spacial score (nSPS) is 24.6. The second-order valence-electron chi connectivity index (χ2n) is 15.1. The van der Waals surface area contributed by atoms with Crippen LogP contribution in [0.5, 0.6) is 69.0 Å². The van der Waals surface area contributed by atoms with Gasteiger partial charge in [-0.25, -0.2) is 24.0 Å². The fraction of sp³-hybridized carbons (Fsp3) is 0.220. The summed E-state index contributed by atoms with van der Waals surface area (Å²) in [6.45, 7) is -1.30. The van der Waals surface area contributed by atoms with E-state index in [1.165, 1.54) is 0 Å². The molecule has 4 unspecified atom stereocenters. The topological polar surface area (TPSA) is 450 Å². The highest BCUT2D eigenvalue weighted by molar-refractivity contribution is 6.08. The predicted molar refractivity (Wildman–Crippen MR) is 205 cm³/mol. The average molecular weight is 955 g/mol. The molecule has 4 aromatic rings. The molecular weight excluding hydrogens is 924 g/mol. The van der Waals surface area contributed by atoms with Crippen LogP contribution >= 0.6 is 0 Å². The lowest BCUT2D eigenvalue weighted by Gasteiger charge is -2.49. The first kappa shape index (κ1) is 45.6. The third kappa shape index (κ3) is 7.18. The van der Waals surface area contributed by atoms with E-state index in [0.717, 1.165) is 0 Å². The Morgan fingerprint density at radius 1 is 0.574 bits per heavy atom. The van der Waals surface area contributed by atoms with Crippen LogP contribution in [0.1, 0.15) is 52.9 Å². The summed E-state index contributed by atoms with van der Waals surface area (Å²) in [6.07, 6.45) is -12.0. The van der Waals surface area contributed by atoms with Crippen LogP contribution in [0.4, 0.5) is 0 Å². The summed E-state index contributed by atoms with van der Waals surface area (Å²) in [4.78, 5) is 83.2. The Morgan fingerprint density at radius 3 is 1.50 bits per heavy atom. The summed E-state index contributed by atoms with van der Waals surface area (Å²) in [6, 6.07) is 3.66. The number of ketones is 1. The molecule has 68 heavy (non-hydrogen) atoms. The van der Waals surface area contributed by atoms with Crippen LogP contribution in [-0.4, -0.2) is 156 Å². The van der Waals surface area contributed by atoms with Crippen LogP contribution in [-0.2, 0) is 38.0 Å². The van der Waals surface area contributed by atoms with Gasteiger partial charge in [0.2, 0.25) is 23.9 Å². The number of aromatic hydroxyl groups is 11. The number of hydrogen-bond acceptors (Lipinski definition) is 27. The monoisotopic (exact) mass is 954 g/mol. The van der Waals surface area contributed by atoms with Gasteiger partial charge in [-0.2, -0.15) is 0 Å². The van der Waals surface area contributed by atoms with Gasteiger partial charge in [-0.1, -0.05) is 0 Å². The first-order valence-corrected chi connectivity index (χ1v) is 19.0. The van der Waals surface area contributed by atoms with Crippen molar-refractivity contribution in [3.05, 3.63) is 81.9 Å². The SMILES string of the molecule is O=C1OC[C@H]2OC(OC(=O)c3cc(O)c(O)c(O)c3)C(OC(=O)c3cc(O)c(O)c(O)c3)C(OC(=O)c3cc(O)c(O)c(O)c3)[C@@H]2OC(=O)c2cc(O)c(O)c3c2C2C1=CC(=O)[C@@](O)(O3)C2(O)O. The van der Waals surface area contributed by atoms with Gasteiger partial charge >= 0.3 is 35.6 Å². The molecule has 4 aliphatic rings. The van der Waals surface area contributed by atoms with Gasteiger partial charge in [-0.3, -0.25) is 4.79 Å². The molecule has 0 saturated carbocycles. The number of benzene rings is 4. The number of esters is 5. The van der Waals surface area contributed by atoms with Crippen molar-refractivity contribution in [2.24, 2.45) is 0 Å². The Hall–Kier alpha value is -8.92. The van der Waals surface area contributed by atoms with E-state index in [2.05, 4.69) is 0 Å². The van der Waals surface area contributed by atoms with Crippen molar-refractivity contribution in [3.8, 4) is 69.0 Å². The molecule has 0 spiro atoms. The van der Waals surface area contributed by atoms with E-state index in [-0.39, 0.29) is 0 Å². The molecule has 3 aliphatic heterocycles. The fourth-order valence-electron chi connectivity index (χ4n) is 7.59. The lowest BCUT2D eigenvalue weighted by molar-refractivity contribution is -0.339. The van der Waals surface area contributed by atoms with Crippen LogP contribution < -0.4 is 4.74 Å². The zero-order valence-electron chi connectivity index (χ0n) is 33.4. The molecule has 27 heteroatoms. The third-order valence-corrected chi connectivity index (χ3v) is 10.9. The minimum absolute atomic E-state index is 0.325. The van der Waals surface area contributed by atoms with E-state index < -0.39 is 193 Å². The molecule has 0 radical (unpaired) electrons. The Morgan fingerprint density at radius 2 is 1.01 bits per heavy atom. The minimum Gasteiger partial charge on any atom is -0.504 e. The number of phenols is 11. The minimum atomic E-state index is -3.90. The first-order chi connectivity index (χ1) is 31.8. The average Bonchev–Trinajstić information content (AvgIpc) is 3.28. The Labute approximate surface area is 374 Å². The van der Waals surface area contributed by atoms with Crippen LogP contribution in [0.15, 0.2) is 54.1 Å². The van der Waals surface area contributed by atoms with Crippen molar-refractivity contribution in [1.82, 2.24) is 0 Å². The summed E-state index contributed by atoms with van der Waals surface area (Å²) >= 11 is 0. The quantitative estimate of drug-likeness (QED) is 0.0473. The molecule has 4 aromatic carbocycles. The van der Waals surface area contributed by atoms with Crippen molar-refractivity contribution in [2.75, 3.05) is 6.61 Å². The van der Waals surface area contributed by atoms with Crippen molar-refractivity contribution >= 4 is 35.6 Å². The summed E-state index contributed by atoms with van der Waals surface area (Å²) in [5, 5.41) is 146. The van der Waals surface area contributed by atoms with Gasteiger partial charge in [-0.05, 0) is 48.5 Å². The van der Waals surface area contributed by atoms with Crippen molar-refractivity contribution < 1.29 is 133 Å². The zero-order chi connectivity index (χ0) is 49.6. The molecule has 1 aliphatic carbocycles. The molecular formula is C41H30O27. The second kappa shape index (κ2) is 15.9. The molecule has 356 valence electrons. The zero-order valence-corrected chi connectivity index (χ0v) is 33.4. The van der Waals surface area contributed by atoms with E-state index in [1.807, 2.05) is 0 Å². The number of carbonyl (C=O) groups excluding carboxylic acids is 6. The summed E-state index contributed by atoms with van der Waals surface area (Å²) in [7, 11) is 0. The van der Waals surface area contributed by atoms with E-state index in [9.17, 15) is 100 Å². The molecule has 1 fully saturated rings. The fourth-order valence-corrected chi connectivity index (χ4v) is 7.59. The first-order valence-electron chi connectivity index (χ1n) is 19.0. The lowest BCUT2D eigenvalue weighted by atomic mass is 9.70. The number of rotatable bonds is 6. The van der Waals surface area contributed by atoms with Gasteiger partial charge in [0, 0.05) is 5.56 Å². The molecule has 8 rings (SSSR count).